The number of nitrogens with zero attached hydrogens (tertiary/aromatic N) is 2. The number of nitrogens with one attached hydrogen (secondary N) is 1. The summed E-state index contributed by atoms with van der Waals surface area (Å²) in [6, 6.07) is 3.40. The van der Waals surface area contributed by atoms with Crippen molar-refractivity contribution in [2.24, 2.45) is 0 Å². The van der Waals surface area contributed by atoms with Gasteiger partial charge in [0.15, 0.2) is 11.6 Å². The second-order valence-corrected chi connectivity index (χ2v) is 3.45. The molecule has 0 fully saturated rings. The predicted molar refractivity (Wildman–Crippen MR) is 60.2 cm³/mol. The SMILES string of the molecule is C#CCNCc1nc(-c2ccc(F)c(F)c2)no1. The highest BCUT2D eigenvalue weighted by atomic mass is 19.2. The second-order valence-electron chi connectivity index (χ2n) is 3.45. The molecule has 0 amide bonds. The maximum absolute atomic E-state index is 13.0. The molecular formula is C12H9F2N3O. The van der Waals surface area contributed by atoms with E-state index in [4.69, 9.17) is 10.9 Å². The summed E-state index contributed by atoms with van der Waals surface area (Å²) in [5.74, 6) is 1.05. The zero-order chi connectivity index (χ0) is 13.0. The molecule has 0 saturated carbocycles. The van der Waals surface area contributed by atoms with Crippen LogP contribution in [0, 0.1) is 24.0 Å². The van der Waals surface area contributed by atoms with Crippen LogP contribution in [0.2, 0.25) is 0 Å². The molecule has 1 aromatic heterocycles. The molecule has 0 spiro atoms. The van der Waals surface area contributed by atoms with Crippen molar-refractivity contribution in [2.45, 2.75) is 6.54 Å². The molecule has 0 aliphatic heterocycles. The van der Waals surface area contributed by atoms with Gasteiger partial charge in [-0.25, -0.2) is 8.78 Å². The first-order valence-corrected chi connectivity index (χ1v) is 5.13. The van der Waals surface area contributed by atoms with Crippen LogP contribution in [0.15, 0.2) is 22.7 Å². The molecule has 0 bridgehead atoms. The third-order valence-electron chi connectivity index (χ3n) is 2.15. The quantitative estimate of drug-likeness (QED) is 0.662. The van der Waals surface area contributed by atoms with E-state index in [0.717, 1.165) is 12.1 Å². The molecule has 1 N–H and O–H groups in total. The number of terminal acetylenes is 1. The number of hydrogen-bond donors (Lipinski definition) is 1. The van der Waals surface area contributed by atoms with Crippen LogP contribution in [-0.2, 0) is 6.54 Å². The summed E-state index contributed by atoms with van der Waals surface area (Å²) in [4.78, 5) is 4.03. The van der Waals surface area contributed by atoms with E-state index in [1.807, 2.05) is 0 Å². The van der Waals surface area contributed by atoms with Crippen molar-refractivity contribution in [3.63, 3.8) is 0 Å². The van der Waals surface area contributed by atoms with Gasteiger partial charge in [0.25, 0.3) is 0 Å². The summed E-state index contributed by atoms with van der Waals surface area (Å²) >= 11 is 0. The summed E-state index contributed by atoms with van der Waals surface area (Å²) in [6.45, 7) is 0.698. The largest absolute Gasteiger partial charge is 0.338 e. The van der Waals surface area contributed by atoms with Gasteiger partial charge in [-0.15, -0.1) is 6.42 Å². The van der Waals surface area contributed by atoms with Crippen LogP contribution in [0.5, 0.6) is 0 Å². The fourth-order valence-corrected chi connectivity index (χ4v) is 1.32. The van der Waals surface area contributed by atoms with Crippen molar-refractivity contribution < 1.29 is 13.3 Å². The summed E-state index contributed by atoms with van der Waals surface area (Å²) in [5.41, 5.74) is 0.348. The second kappa shape index (κ2) is 5.38. The molecule has 4 nitrogen and oxygen atoms in total. The third kappa shape index (κ3) is 2.70. The van der Waals surface area contributed by atoms with Gasteiger partial charge >= 0.3 is 0 Å². The zero-order valence-corrected chi connectivity index (χ0v) is 9.28. The van der Waals surface area contributed by atoms with Crippen molar-refractivity contribution in [1.29, 1.82) is 0 Å². The lowest BCUT2D eigenvalue weighted by Gasteiger charge is -1.95. The summed E-state index contributed by atoms with van der Waals surface area (Å²) in [7, 11) is 0. The van der Waals surface area contributed by atoms with E-state index in [1.54, 1.807) is 0 Å². The van der Waals surface area contributed by atoms with Crippen molar-refractivity contribution in [2.75, 3.05) is 6.54 Å². The number of benzene rings is 1. The van der Waals surface area contributed by atoms with Gasteiger partial charge in [-0.05, 0) is 18.2 Å². The Balaban J connectivity index is 2.14. The lowest BCUT2D eigenvalue weighted by atomic mass is 10.2. The highest BCUT2D eigenvalue weighted by Gasteiger charge is 2.10. The molecule has 0 saturated heterocycles. The normalized spacial score (nSPS) is 10.3. The number of rotatable bonds is 4. The van der Waals surface area contributed by atoms with Crippen LogP contribution >= 0.6 is 0 Å². The molecule has 0 aliphatic carbocycles. The molecule has 0 aliphatic rings. The fourth-order valence-electron chi connectivity index (χ4n) is 1.32. The summed E-state index contributed by atoms with van der Waals surface area (Å²) in [6.07, 6.45) is 5.06. The minimum absolute atomic E-state index is 0.200. The molecule has 2 aromatic rings. The lowest BCUT2D eigenvalue weighted by molar-refractivity contribution is 0.370. The molecule has 0 radical (unpaired) electrons. The van der Waals surface area contributed by atoms with Gasteiger partial charge in [-0.2, -0.15) is 4.98 Å². The Hall–Kier alpha value is -2.26. The standard InChI is InChI=1S/C12H9F2N3O/c1-2-5-15-7-11-16-12(17-18-11)8-3-4-9(13)10(14)6-8/h1,3-4,6,15H,5,7H2. The number of hydrogen-bond acceptors (Lipinski definition) is 4. The van der Waals surface area contributed by atoms with Crippen LogP contribution in [0.25, 0.3) is 11.4 Å². The first-order valence-electron chi connectivity index (χ1n) is 5.13. The monoisotopic (exact) mass is 249 g/mol. The van der Waals surface area contributed by atoms with Crippen LogP contribution in [0.4, 0.5) is 8.78 Å². The Labute approximate surface area is 102 Å². The average Bonchev–Trinajstić information content (AvgIpc) is 2.82. The zero-order valence-electron chi connectivity index (χ0n) is 9.28. The van der Waals surface area contributed by atoms with Gasteiger partial charge in [0.1, 0.15) is 0 Å². The molecule has 1 heterocycles. The molecule has 2 rings (SSSR count). The predicted octanol–water partition coefficient (Wildman–Crippen LogP) is 1.74. The lowest BCUT2D eigenvalue weighted by Crippen LogP contribution is -2.13. The van der Waals surface area contributed by atoms with E-state index in [2.05, 4.69) is 21.4 Å². The summed E-state index contributed by atoms with van der Waals surface area (Å²) in [5, 5.41) is 6.54. The van der Waals surface area contributed by atoms with E-state index in [9.17, 15) is 8.78 Å². The highest BCUT2D eigenvalue weighted by molar-refractivity contribution is 5.54. The van der Waals surface area contributed by atoms with Gasteiger partial charge in [0.05, 0.1) is 13.1 Å². The fraction of sp³-hybridized carbons (Fsp3) is 0.167. The van der Waals surface area contributed by atoms with Crippen LogP contribution in [0.1, 0.15) is 5.89 Å². The smallest absolute Gasteiger partial charge is 0.240 e. The maximum atomic E-state index is 13.0. The minimum atomic E-state index is -0.954. The number of halogens is 2. The van der Waals surface area contributed by atoms with Crippen molar-refractivity contribution in [1.82, 2.24) is 15.5 Å². The van der Waals surface area contributed by atoms with Gasteiger partial charge in [-0.1, -0.05) is 11.1 Å². The Morgan fingerprint density at radius 3 is 2.89 bits per heavy atom. The van der Waals surface area contributed by atoms with Crippen molar-refractivity contribution in [3.05, 3.63) is 35.7 Å². The highest BCUT2D eigenvalue weighted by Crippen LogP contribution is 2.18. The summed E-state index contributed by atoms with van der Waals surface area (Å²) < 4.78 is 30.7. The van der Waals surface area contributed by atoms with E-state index in [-0.39, 0.29) is 5.82 Å². The molecule has 0 atom stereocenters. The van der Waals surface area contributed by atoms with Crippen LogP contribution in [-0.4, -0.2) is 16.7 Å². The van der Waals surface area contributed by atoms with Gasteiger partial charge in [-0.3, -0.25) is 5.32 Å². The van der Waals surface area contributed by atoms with E-state index >= 15 is 0 Å². The van der Waals surface area contributed by atoms with Gasteiger partial charge in [0.2, 0.25) is 11.7 Å². The van der Waals surface area contributed by atoms with Crippen molar-refractivity contribution >= 4 is 0 Å². The van der Waals surface area contributed by atoms with E-state index in [0.29, 0.717) is 24.5 Å². The molecule has 92 valence electrons. The third-order valence-corrected chi connectivity index (χ3v) is 2.15. The Bertz CT molecular complexity index is 589. The Kier molecular flexibility index (Phi) is 3.65. The first-order chi connectivity index (χ1) is 8.70. The van der Waals surface area contributed by atoms with E-state index in [1.165, 1.54) is 6.07 Å². The van der Waals surface area contributed by atoms with Gasteiger partial charge in [0, 0.05) is 5.56 Å². The van der Waals surface area contributed by atoms with Crippen LogP contribution in [0.3, 0.4) is 0 Å². The maximum Gasteiger partial charge on any atom is 0.240 e. The molecule has 18 heavy (non-hydrogen) atoms. The van der Waals surface area contributed by atoms with Crippen molar-refractivity contribution in [3.8, 4) is 23.7 Å². The minimum Gasteiger partial charge on any atom is -0.338 e. The van der Waals surface area contributed by atoms with Gasteiger partial charge < -0.3 is 4.52 Å². The van der Waals surface area contributed by atoms with E-state index < -0.39 is 11.6 Å². The molecule has 0 unspecified atom stereocenters. The Morgan fingerprint density at radius 2 is 2.17 bits per heavy atom. The average molecular weight is 249 g/mol. The molecule has 1 aromatic carbocycles. The molecule has 6 heteroatoms. The van der Waals surface area contributed by atoms with Crippen LogP contribution < -0.4 is 5.32 Å². The number of aromatic nitrogens is 2. The molecular weight excluding hydrogens is 240 g/mol. The Morgan fingerprint density at radius 1 is 1.33 bits per heavy atom. The topological polar surface area (TPSA) is 51.0 Å². The first kappa shape index (κ1) is 12.2.